The fraction of sp³-hybridized carbons (Fsp3) is 0.933. The molecule has 3 nitrogen and oxygen atoms in total. The summed E-state index contributed by atoms with van der Waals surface area (Å²) >= 11 is 0. The first-order valence-electron chi connectivity index (χ1n) is 7.65. The molecule has 0 spiro atoms. The molecule has 1 fully saturated rings. The molecular formula is C15H30N2O. The third-order valence-electron chi connectivity index (χ3n) is 3.74. The Labute approximate surface area is 112 Å². The first-order valence-corrected chi connectivity index (χ1v) is 7.65. The van der Waals surface area contributed by atoms with Crippen molar-refractivity contribution in [1.29, 1.82) is 0 Å². The van der Waals surface area contributed by atoms with E-state index >= 15 is 0 Å². The molecule has 2 amide bonds. The smallest absolute Gasteiger partial charge is 0.315 e. The molecule has 106 valence electrons. The van der Waals surface area contributed by atoms with E-state index in [1.54, 1.807) is 0 Å². The van der Waals surface area contributed by atoms with Gasteiger partial charge in [-0.2, -0.15) is 0 Å². The molecule has 0 radical (unpaired) electrons. The fourth-order valence-corrected chi connectivity index (χ4v) is 2.60. The maximum absolute atomic E-state index is 11.8. The van der Waals surface area contributed by atoms with Crippen LogP contribution in [0, 0.1) is 5.92 Å². The van der Waals surface area contributed by atoms with Gasteiger partial charge in [-0.15, -0.1) is 0 Å². The zero-order valence-corrected chi connectivity index (χ0v) is 12.3. The molecule has 0 aromatic heterocycles. The van der Waals surface area contributed by atoms with Crippen molar-refractivity contribution in [2.75, 3.05) is 0 Å². The number of carbonyl (C=O) groups excluding carboxylic acids is 1. The van der Waals surface area contributed by atoms with Gasteiger partial charge in [-0.25, -0.2) is 4.79 Å². The molecule has 0 aromatic rings. The second-order valence-corrected chi connectivity index (χ2v) is 6.18. The van der Waals surface area contributed by atoms with Gasteiger partial charge in [0.05, 0.1) is 0 Å². The van der Waals surface area contributed by atoms with Crippen LogP contribution in [-0.4, -0.2) is 18.1 Å². The summed E-state index contributed by atoms with van der Waals surface area (Å²) in [5, 5.41) is 6.15. The third-order valence-corrected chi connectivity index (χ3v) is 3.74. The van der Waals surface area contributed by atoms with Crippen molar-refractivity contribution in [1.82, 2.24) is 10.6 Å². The Morgan fingerprint density at radius 1 is 1.11 bits per heavy atom. The van der Waals surface area contributed by atoms with Crippen LogP contribution in [0.3, 0.4) is 0 Å². The van der Waals surface area contributed by atoms with E-state index in [9.17, 15) is 4.79 Å². The van der Waals surface area contributed by atoms with Gasteiger partial charge >= 0.3 is 6.03 Å². The van der Waals surface area contributed by atoms with Crippen LogP contribution >= 0.6 is 0 Å². The van der Waals surface area contributed by atoms with Crippen LogP contribution in [0.25, 0.3) is 0 Å². The molecule has 3 heteroatoms. The summed E-state index contributed by atoms with van der Waals surface area (Å²) in [6.07, 6.45) is 9.66. The number of urea groups is 1. The van der Waals surface area contributed by atoms with Gasteiger partial charge in [-0.1, -0.05) is 46.0 Å². The highest BCUT2D eigenvalue weighted by atomic mass is 16.2. The summed E-state index contributed by atoms with van der Waals surface area (Å²) < 4.78 is 0. The standard InChI is InChI=1S/C15H30N2O/c1-12(2)8-7-9-13(3)16-15(18)17-14-10-5-4-6-11-14/h12-14H,4-11H2,1-3H3,(H2,16,17,18)/t13-/m0/s1. The highest BCUT2D eigenvalue weighted by Crippen LogP contribution is 2.17. The Kier molecular flexibility index (Phi) is 7.14. The van der Waals surface area contributed by atoms with Gasteiger partial charge in [-0.05, 0) is 32.1 Å². The fourth-order valence-electron chi connectivity index (χ4n) is 2.60. The lowest BCUT2D eigenvalue weighted by molar-refractivity contribution is 0.228. The molecule has 1 aliphatic rings. The van der Waals surface area contributed by atoms with Gasteiger partial charge in [0, 0.05) is 12.1 Å². The lowest BCUT2D eigenvalue weighted by atomic mass is 9.96. The molecule has 2 N–H and O–H groups in total. The highest BCUT2D eigenvalue weighted by Gasteiger charge is 2.16. The number of nitrogens with one attached hydrogen (secondary N) is 2. The molecule has 1 rings (SSSR count). The molecule has 0 heterocycles. The van der Waals surface area contributed by atoms with Crippen molar-refractivity contribution >= 4 is 6.03 Å². The number of hydrogen-bond acceptors (Lipinski definition) is 1. The van der Waals surface area contributed by atoms with Crippen molar-refractivity contribution in [3.8, 4) is 0 Å². The number of carbonyl (C=O) groups is 1. The average molecular weight is 254 g/mol. The highest BCUT2D eigenvalue weighted by molar-refractivity contribution is 5.74. The number of amides is 2. The van der Waals surface area contributed by atoms with E-state index in [4.69, 9.17) is 0 Å². The predicted molar refractivity (Wildman–Crippen MR) is 76.7 cm³/mol. The van der Waals surface area contributed by atoms with E-state index in [1.807, 2.05) is 0 Å². The van der Waals surface area contributed by atoms with Crippen molar-refractivity contribution in [2.24, 2.45) is 5.92 Å². The van der Waals surface area contributed by atoms with Crippen molar-refractivity contribution in [2.45, 2.75) is 84.2 Å². The largest absolute Gasteiger partial charge is 0.336 e. The molecule has 1 saturated carbocycles. The van der Waals surface area contributed by atoms with Crippen molar-refractivity contribution < 1.29 is 4.79 Å². The van der Waals surface area contributed by atoms with Crippen LogP contribution in [0.5, 0.6) is 0 Å². The van der Waals surface area contributed by atoms with E-state index in [2.05, 4.69) is 31.4 Å². The minimum atomic E-state index is 0.0268. The van der Waals surface area contributed by atoms with E-state index in [0.717, 1.165) is 25.2 Å². The third kappa shape index (κ3) is 6.87. The maximum atomic E-state index is 11.8. The van der Waals surface area contributed by atoms with Crippen LogP contribution in [0.15, 0.2) is 0 Å². The van der Waals surface area contributed by atoms with Crippen molar-refractivity contribution in [3.05, 3.63) is 0 Å². The SMILES string of the molecule is CC(C)CCC[C@H](C)NC(=O)NC1CCCCC1. The molecule has 0 aliphatic heterocycles. The second kappa shape index (κ2) is 8.39. The van der Waals surface area contributed by atoms with Crippen LogP contribution in [0.1, 0.15) is 72.1 Å². The van der Waals surface area contributed by atoms with E-state index in [1.165, 1.54) is 32.1 Å². The van der Waals surface area contributed by atoms with Crippen LogP contribution in [0.4, 0.5) is 4.79 Å². The van der Waals surface area contributed by atoms with Crippen LogP contribution < -0.4 is 10.6 Å². The van der Waals surface area contributed by atoms with Gasteiger partial charge in [0.25, 0.3) is 0 Å². The van der Waals surface area contributed by atoms with E-state index < -0.39 is 0 Å². The van der Waals surface area contributed by atoms with Crippen LogP contribution in [-0.2, 0) is 0 Å². The molecule has 0 aromatic carbocycles. The lowest BCUT2D eigenvalue weighted by Gasteiger charge is -2.24. The first kappa shape index (κ1) is 15.3. The summed E-state index contributed by atoms with van der Waals surface area (Å²) in [5.41, 5.74) is 0. The minimum Gasteiger partial charge on any atom is -0.336 e. The van der Waals surface area contributed by atoms with Crippen LogP contribution in [0.2, 0.25) is 0 Å². The zero-order valence-electron chi connectivity index (χ0n) is 12.3. The number of rotatable bonds is 6. The lowest BCUT2D eigenvalue weighted by Crippen LogP contribution is -2.46. The Bertz CT molecular complexity index is 235. The average Bonchev–Trinajstić information content (AvgIpc) is 2.29. The zero-order chi connectivity index (χ0) is 13.4. The molecule has 1 atom stereocenters. The van der Waals surface area contributed by atoms with Gasteiger partial charge in [0.15, 0.2) is 0 Å². The molecule has 0 bridgehead atoms. The topological polar surface area (TPSA) is 41.1 Å². The normalized spacial score (nSPS) is 18.7. The van der Waals surface area contributed by atoms with Gasteiger partial charge < -0.3 is 10.6 Å². The monoisotopic (exact) mass is 254 g/mol. The second-order valence-electron chi connectivity index (χ2n) is 6.18. The Morgan fingerprint density at radius 2 is 1.78 bits per heavy atom. The molecule has 18 heavy (non-hydrogen) atoms. The predicted octanol–water partition coefficient (Wildman–Crippen LogP) is 3.83. The summed E-state index contributed by atoms with van der Waals surface area (Å²) in [5.74, 6) is 0.758. The summed E-state index contributed by atoms with van der Waals surface area (Å²) in [6, 6.07) is 0.716. The Morgan fingerprint density at radius 3 is 2.39 bits per heavy atom. The van der Waals surface area contributed by atoms with Gasteiger partial charge in [-0.3, -0.25) is 0 Å². The van der Waals surface area contributed by atoms with E-state index in [0.29, 0.717) is 6.04 Å². The maximum Gasteiger partial charge on any atom is 0.315 e. The first-order chi connectivity index (χ1) is 8.58. The molecule has 0 saturated heterocycles. The number of hydrogen-bond donors (Lipinski definition) is 2. The van der Waals surface area contributed by atoms with Crippen molar-refractivity contribution in [3.63, 3.8) is 0 Å². The Balaban J connectivity index is 2.10. The quantitative estimate of drug-likeness (QED) is 0.743. The van der Waals surface area contributed by atoms with Gasteiger partial charge in [0.1, 0.15) is 0 Å². The molecule has 1 aliphatic carbocycles. The summed E-state index contributed by atoms with van der Waals surface area (Å²) in [6.45, 7) is 6.59. The Hall–Kier alpha value is -0.730. The summed E-state index contributed by atoms with van der Waals surface area (Å²) in [4.78, 5) is 11.8. The molecule has 0 unspecified atom stereocenters. The summed E-state index contributed by atoms with van der Waals surface area (Å²) in [7, 11) is 0. The molecular weight excluding hydrogens is 224 g/mol. The van der Waals surface area contributed by atoms with Gasteiger partial charge in [0.2, 0.25) is 0 Å². The minimum absolute atomic E-state index is 0.0268. The van der Waals surface area contributed by atoms with E-state index in [-0.39, 0.29) is 12.1 Å².